The maximum absolute atomic E-state index is 6.22. The molecule has 4 rings (SSSR count). The van der Waals surface area contributed by atoms with Crippen molar-refractivity contribution in [1.29, 1.82) is 0 Å². The highest BCUT2D eigenvalue weighted by molar-refractivity contribution is 6.31. The number of hydrogen-bond acceptors (Lipinski definition) is 2. The molecule has 1 aliphatic rings. The van der Waals surface area contributed by atoms with E-state index in [1.54, 1.807) is 7.11 Å². The highest BCUT2D eigenvalue weighted by atomic mass is 35.5. The second-order valence-corrected chi connectivity index (χ2v) is 7.44. The molecule has 3 nitrogen and oxygen atoms in total. The van der Waals surface area contributed by atoms with E-state index in [1.807, 2.05) is 6.07 Å². The van der Waals surface area contributed by atoms with Gasteiger partial charge in [0.2, 0.25) is 0 Å². The fourth-order valence-corrected chi connectivity index (χ4v) is 4.04. The topological polar surface area (TPSA) is 37.0 Å². The first-order valence-corrected chi connectivity index (χ1v) is 9.17. The third kappa shape index (κ3) is 2.82. The largest absolute Gasteiger partial charge is 0.496 e. The van der Waals surface area contributed by atoms with Gasteiger partial charge in [0.1, 0.15) is 5.75 Å². The van der Waals surface area contributed by atoms with Crippen LogP contribution in [0, 0.1) is 0 Å². The summed E-state index contributed by atoms with van der Waals surface area (Å²) in [7, 11) is 1.74. The Bertz CT molecular complexity index is 929. The molecule has 0 bridgehead atoms. The molecule has 130 valence electrons. The smallest absolute Gasteiger partial charge is 0.122 e. The number of aromatic amines is 1. The number of halogens is 1. The lowest BCUT2D eigenvalue weighted by Crippen LogP contribution is -2.30. The van der Waals surface area contributed by atoms with Crippen molar-refractivity contribution in [3.8, 4) is 5.75 Å². The maximum atomic E-state index is 6.22. The summed E-state index contributed by atoms with van der Waals surface area (Å²) in [5, 5.41) is 5.70. The maximum Gasteiger partial charge on any atom is 0.122 e. The summed E-state index contributed by atoms with van der Waals surface area (Å²) in [6, 6.07) is 12.8. The number of ether oxygens (including phenoxy) is 1. The first-order valence-electron chi connectivity index (χ1n) is 8.79. The summed E-state index contributed by atoms with van der Waals surface area (Å²) in [5.74, 6) is 1.37. The van der Waals surface area contributed by atoms with Crippen LogP contribution in [0.25, 0.3) is 10.9 Å². The number of nitrogens with one attached hydrogen (secondary N) is 2. The van der Waals surface area contributed by atoms with Crippen LogP contribution < -0.4 is 10.1 Å². The summed E-state index contributed by atoms with van der Waals surface area (Å²) >= 11 is 6.22. The van der Waals surface area contributed by atoms with Crippen LogP contribution in [0.3, 0.4) is 0 Å². The lowest BCUT2D eigenvalue weighted by Gasteiger charge is -2.26. The zero-order chi connectivity index (χ0) is 17.6. The monoisotopic (exact) mass is 354 g/mol. The van der Waals surface area contributed by atoms with E-state index in [2.05, 4.69) is 54.5 Å². The SMILES string of the molecule is COc1ccc(C2NCCc3c2[nH]c2ccc(Cl)cc32)cc1C(C)C. The predicted molar refractivity (Wildman–Crippen MR) is 104 cm³/mol. The molecule has 3 aromatic rings. The summed E-state index contributed by atoms with van der Waals surface area (Å²) in [5.41, 5.74) is 6.29. The van der Waals surface area contributed by atoms with Gasteiger partial charge < -0.3 is 15.0 Å². The van der Waals surface area contributed by atoms with Crippen LogP contribution in [0.4, 0.5) is 0 Å². The van der Waals surface area contributed by atoms with E-state index >= 15 is 0 Å². The second-order valence-electron chi connectivity index (χ2n) is 7.00. The lowest BCUT2D eigenvalue weighted by atomic mass is 9.91. The zero-order valence-corrected chi connectivity index (χ0v) is 15.6. The van der Waals surface area contributed by atoms with Gasteiger partial charge in [-0.3, -0.25) is 0 Å². The number of methoxy groups -OCH3 is 1. The van der Waals surface area contributed by atoms with Crippen LogP contribution in [0.15, 0.2) is 36.4 Å². The van der Waals surface area contributed by atoms with Gasteiger partial charge in [0, 0.05) is 28.2 Å². The van der Waals surface area contributed by atoms with Gasteiger partial charge in [0.15, 0.2) is 0 Å². The number of rotatable bonds is 3. The lowest BCUT2D eigenvalue weighted by molar-refractivity contribution is 0.407. The number of aromatic nitrogens is 1. The van der Waals surface area contributed by atoms with E-state index in [4.69, 9.17) is 16.3 Å². The number of benzene rings is 2. The van der Waals surface area contributed by atoms with Gasteiger partial charge >= 0.3 is 0 Å². The Morgan fingerprint density at radius 2 is 2.00 bits per heavy atom. The molecule has 0 spiro atoms. The van der Waals surface area contributed by atoms with Crippen molar-refractivity contribution in [3.63, 3.8) is 0 Å². The molecule has 0 saturated heterocycles. The van der Waals surface area contributed by atoms with E-state index in [0.29, 0.717) is 5.92 Å². The normalized spacial score (nSPS) is 17.1. The molecule has 0 aliphatic carbocycles. The predicted octanol–water partition coefficient (Wildman–Crippen LogP) is 5.19. The standard InChI is InChI=1S/C21H23ClN2O/c1-12(2)16-10-13(4-7-19(16)25-3)20-21-15(8-9-23-20)17-11-14(22)5-6-18(17)24-21/h4-7,10-12,20,23-24H,8-9H2,1-3H3. The molecular weight excluding hydrogens is 332 g/mol. The summed E-state index contributed by atoms with van der Waals surface area (Å²) in [6.07, 6.45) is 1.01. The minimum atomic E-state index is 0.165. The first kappa shape index (κ1) is 16.5. The van der Waals surface area contributed by atoms with E-state index in [9.17, 15) is 0 Å². The Balaban J connectivity index is 1.84. The van der Waals surface area contributed by atoms with Crippen LogP contribution >= 0.6 is 11.6 Å². The quantitative estimate of drug-likeness (QED) is 0.679. The van der Waals surface area contributed by atoms with Gasteiger partial charge in [-0.1, -0.05) is 31.5 Å². The summed E-state index contributed by atoms with van der Waals surface area (Å²) < 4.78 is 5.54. The molecule has 2 aromatic carbocycles. The Morgan fingerprint density at radius 3 is 2.76 bits per heavy atom. The van der Waals surface area contributed by atoms with Gasteiger partial charge in [0.25, 0.3) is 0 Å². The molecule has 0 saturated carbocycles. The van der Waals surface area contributed by atoms with Crippen LogP contribution in [0.2, 0.25) is 5.02 Å². The van der Waals surface area contributed by atoms with E-state index < -0.39 is 0 Å². The Kier molecular flexibility index (Phi) is 4.22. The number of H-pyrrole nitrogens is 1. The second kappa shape index (κ2) is 6.40. The molecule has 2 heterocycles. The van der Waals surface area contributed by atoms with Crippen molar-refractivity contribution in [2.24, 2.45) is 0 Å². The Hall–Kier alpha value is -1.97. The van der Waals surface area contributed by atoms with Crippen LogP contribution in [-0.4, -0.2) is 18.6 Å². The van der Waals surface area contributed by atoms with E-state index in [-0.39, 0.29) is 6.04 Å². The molecule has 1 unspecified atom stereocenters. The van der Waals surface area contributed by atoms with Crippen molar-refractivity contribution in [2.75, 3.05) is 13.7 Å². The van der Waals surface area contributed by atoms with Crippen molar-refractivity contribution < 1.29 is 4.74 Å². The molecule has 0 radical (unpaired) electrons. The summed E-state index contributed by atoms with van der Waals surface area (Å²) in [6.45, 7) is 5.36. The summed E-state index contributed by atoms with van der Waals surface area (Å²) in [4.78, 5) is 3.62. The molecule has 1 atom stereocenters. The molecular formula is C21H23ClN2O. The van der Waals surface area contributed by atoms with Gasteiger partial charge in [0.05, 0.1) is 13.2 Å². The fourth-order valence-electron chi connectivity index (χ4n) is 3.87. The molecule has 2 N–H and O–H groups in total. The van der Waals surface area contributed by atoms with Gasteiger partial charge in [-0.15, -0.1) is 0 Å². The fraction of sp³-hybridized carbons (Fsp3) is 0.333. The highest BCUT2D eigenvalue weighted by Gasteiger charge is 2.26. The highest BCUT2D eigenvalue weighted by Crippen LogP contribution is 2.37. The van der Waals surface area contributed by atoms with Crippen molar-refractivity contribution in [1.82, 2.24) is 10.3 Å². The minimum absolute atomic E-state index is 0.165. The van der Waals surface area contributed by atoms with E-state index in [0.717, 1.165) is 29.3 Å². The molecule has 1 aliphatic heterocycles. The zero-order valence-electron chi connectivity index (χ0n) is 14.8. The average Bonchev–Trinajstić information content (AvgIpc) is 2.99. The van der Waals surface area contributed by atoms with E-state index in [1.165, 1.54) is 27.8 Å². The third-order valence-corrected chi connectivity index (χ3v) is 5.36. The van der Waals surface area contributed by atoms with Crippen LogP contribution in [-0.2, 0) is 6.42 Å². The molecule has 4 heteroatoms. The Labute approximate surface area is 153 Å². The molecule has 25 heavy (non-hydrogen) atoms. The minimum Gasteiger partial charge on any atom is -0.496 e. The van der Waals surface area contributed by atoms with Crippen LogP contribution in [0.1, 0.15) is 48.2 Å². The first-order chi connectivity index (χ1) is 12.1. The van der Waals surface area contributed by atoms with Gasteiger partial charge in [-0.25, -0.2) is 0 Å². The van der Waals surface area contributed by atoms with Crippen molar-refractivity contribution in [3.05, 3.63) is 63.8 Å². The van der Waals surface area contributed by atoms with Crippen LogP contribution in [0.5, 0.6) is 5.75 Å². The van der Waals surface area contributed by atoms with Crippen molar-refractivity contribution in [2.45, 2.75) is 32.2 Å². The molecule has 0 fully saturated rings. The Morgan fingerprint density at radius 1 is 1.16 bits per heavy atom. The average molecular weight is 355 g/mol. The number of fused-ring (bicyclic) bond motifs is 3. The van der Waals surface area contributed by atoms with Gasteiger partial charge in [-0.05, 0) is 59.4 Å². The third-order valence-electron chi connectivity index (χ3n) is 5.12. The van der Waals surface area contributed by atoms with Crippen molar-refractivity contribution >= 4 is 22.5 Å². The number of hydrogen-bond donors (Lipinski definition) is 2. The molecule has 0 amide bonds. The molecule has 1 aromatic heterocycles. The van der Waals surface area contributed by atoms with Gasteiger partial charge in [-0.2, -0.15) is 0 Å².